The zero-order valence-electron chi connectivity index (χ0n) is 9.95. The molecule has 0 aliphatic rings. The fraction of sp³-hybridized carbons (Fsp3) is 0.500. The van der Waals surface area contributed by atoms with Crippen LogP contribution >= 0.6 is 11.6 Å². The Morgan fingerprint density at radius 3 is 2.65 bits per heavy atom. The maximum Gasteiger partial charge on any atom is 0.150 e. The van der Waals surface area contributed by atoms with Crippen molar-refractivity contribution in [3.8, 4) is 0 Å². The lowest BCUT2D eigenvalue weighted by Gasteiger charge is -2.06. The highest BCUT2D eigenvalue weighted by Gasteiger charge is 2.06. The topological polar surface area (TPSA) is 46.2 Å². The third-order valence-electron chi connectivity index (χ3n) is 2.52. The van der Waals surface area contributed by atoms with Crippen LogP contribution < -0.4 is 5.32 Å². The molecule has 0 aliphatic heterocycles. The van der Waals surface area contributed by atoms with E-state index in [2.05, 4.69) is 5.32 Å². The van der Waals surface area contributed by atoms with Crippen LogP contribution in [0.3, 0.4) is 0 Å². The lowest BCUT2D eigenvalue weighted by Crippen LogP contribution is -2.19. The van der Waals surface area contributed by atoms with Crippen molar-refractivity contribution in [2.45, 2.75) is 19.9 Å². The van der Waals surface area contributed by atoms with E-state index in [4.69, 9.17) is 11.6 Å². The van der Waals surface area contributed by atoms with Crippen molar-refractivity contribution in [3.05, 3.63) is 34.9 Å². The van der Waals surface area contributed by atoms with Crippen LogP contribution in [-0.4, -0.2) is 26.5 Å². The Bertz CT molecular complexity index is 446. The van der Waals surface area contributed by atoms with Gasteiger partial charge in [0, 0.05) is 17.3 Å². The molecular weight excluding hydrogens is 258 g/mol. The van der Waals surface area contributed by atoms with E-state index in [1.807, 2.05) is 24.3 Å². The zero-order valence-corrected chi connectivity index (χ0v) is 11.5. The maximum absolute atomic E-state index is 11.2. The Morgan fingerprint density at radius 2 is 2.00 bits per heavy atom. The van der Waals surface area contributed by atoms with Gasteiger partial charge in [-0.2, -0.15) is 0 Å². The molecule has 96 valence electrons. The second kappa shape index (κ2) is 6.99. The molecule has 0 heterocycles. The minimum atomic E-state index is -2.84. The monoisotopic (exact) mass is 275 g/mol. The van der Waals surface area contributed by atoms with Gasteiger partial charge in [0.1, 0.15) is 9.84 Å². The first-order valence-corrected chi connectivity index (χ1v) is 7.89. The lowest BCUT2D eigenvalue weighted by molar-refractivity contribution is 0.590. The fourth-order valence-corrected chi connectivity index (χ4v) is 2.50. The van der Waals surface area contributed by atoms with Crippen LogP contribution in [0.5, 0.6) is 0 Å². The van der Waals surface area contributed by atoms with Crippen molar-refractivity contribution in [3.63, 3.8) is 0 Å². The molecule has 17 heavy (non-hydrogen) atoms. The second-order valence-corrected chi connectivity index (χ2v) is 6.74. The predicted molar refractivity (Wildman–Crippen MR) is 72.1 cm³/mol. The number of halogens is 1. The Kier molecular flexibility index (Phi) is 5.95. The minimum absolute atomic E-state index is 0.220. The lowest BCUT2D eigenvalue weighted by atomic mass is 10.2. The van der Waals surface area contributed by atoms with Gasteiger partial charge in [0.15, 0.2) is 0 Å². The summed E-state index contributed by atoms with van der Waals surface area (Å²) in [7, 11) is -2.84. The van der Waals surface area contributed by atoms with E-state index in [0.29, 0.717) is 19.5 Å². The van der Waals surface area contributed by atoms with E-state index in [9.17, 15) is 8.42 Å². The fourth-order valence-electron chi connectivity index (χ4n) is 1.43. The van der Waals surface area contributed by atoms with Gasteiger partial charge in [-0.3, -0.25) is 0 Å². The molecule has 5 heteroatoms. The molecule has 1 N–H and O–H groups in total. The van der Waals surface area contributed by atoms with E-state index in [0.717, 1.165) is 10.6 Å². The van der Waals surface area contributed by atoms with E-state index in [1.54, 1.807) is 6.92 Å². The van der Waals surface area contributed by atoms with E-state index in [-0.39, 0.29) is 11.5 Å². The summed E-state index contributed by atoms with van der Waals surface area (Å²) in [5.41, 5.74) is 1.03. The molecule has 0 radical (unpaired) electrons. The van der Waals surface area contributed by atoms with Crippen molar-refractivity contribution in [2.24, 2.45) is 0 Å². The first-order chi connectivity index (χ1) is 8.05. The van der Waals surface area contributed by atoms with E-state index < -0.39 is 9.84 Å². The Balaban J connectivity index is 2.24. The first kappa shape index (κ1) is 14.5. The van der Waals surface area contributed by atoms with Crippen LogP contribution in [0, 0.1) is 0 Å². The Hall–Kier alpha value is -0.580. The molecule has 0 bridgehead atoms. The maximum atomic E-state index is 11.2. The van der Waals surface area contributed by atoms with Gasteiger partial charge in [-0.05, 0) is 24.6 Å². The summed E-state index contributed by atoms with van der Waals surface area (Å²) in [5, 5.41) is 3.93. The quantitative estimate of drug-likeness (QED) is 0.777. The summed E-state index contributed by atoms with van der Waals surface area (Å²) in [6.07, 6.45) is 0.640. The van der Waals surface area contributed by atoms with Crippen molar-refractivity contribution in [2.75, 3.05) is 18.1 Å². The zero-order chi connectivity index (χ0) is 12.7. The van der Waals surface area contributed by atoms with Crippen LogP contribution in [-0.2, 0) is 16.4 Å². The molecule has 0 saturated carbocycles. The van der Waals surface area contributed by atoms with Gasteiger partial charge >= 0.3 is 0 Å². The number of sulfone groups is 1. The highest BCUT2D eigenvalue weighted by atomic mass is 35.5. The Morgan fingerprint density at radius 1 is 1.29 bits per heavy atom. The third-order valence-corrected chi connectivity index (χ3v) is 4.68. The number of hydrogen-bond donors (Lipinski definition) is 1. The molecule has 0 spiro atoms. The average Bonchev–Trinajstić information content (AvgIpc) is 2.31. The molecule has 1 rings (SSSR count). The van der Waals surface area contributed by atoms with Crippen LogP contribution in [0.4, 0.5) is 0 Å². The average molecular weight is 276 g/mol. The SMILES string of the molecule is CCS(=O)(=O)CCCNCc1ccccc1Cl. The summed E-state index contributed by atoms with van der Waals surface area (Å²) >= 11 is 6.00. The molecule has 0 unspecified atom stereocenters. The largest absolute Gasteiger partial charge is 0.313 e. The molecule has 0 saturated heterocycles. The highest BCUT2D eigenvalue weighted by Crippen LogP contribution is 2.14. The molecule has 1 aromatic rings. The molecule has 3 nitrogen and oxygen atoms in total. The summed E-state index contributed by atoms with van der Waals surface area (Å²) < 4.78 is 22.5. The number of hydrogen-bond acceptors (Lipinski definition) is 3. The molecular formula is C12H18ClNO2S. The van der Waals surface area contributed by atoms with Gasteiger partial charge in [0.25, 0.3) is 0 Å². The van der Waals surface area contributed by atoms with Crippen molar-refractivity contribution in [1.82, 2.24) is 5.32 Å². The van der Waals surface area contributed by atoms with Gasteiger partial charge in [0.2, 0.25) is 0 Å². The summed E-state index contributed by atoms with van der Waals surface area (Å²) in [4.78, 5) is 0. The molecule has 0 amide bonds. The first-order valence-electron chi connectivity index (χ1n) is 5.69. The van der Waals surface area contributed by atoms with Crippen LogP contribution in [0.25, 0.3) is 0 Å². The van der Waals surface area contributed by atoms with Crippen molar-refractivity contribution >= 4 is 21.4 Å². The molecule has 0 fully saturated rings. The highest BCUT2D eigenvalue weighted by molar-refractivity contribution is 7.91. The van der Waals surface area contributed by atoms with Gasteiger partial charge in [-0.25, -0.2) is 8.42 Å². The van der Waals surface area contributed by atoms with Gasteiger partial charge in [0.05, 0.1) is 5.75 Å². The number of benzene rings is 1. The minimum Gasteiger partial charge on any atom is -0.313 e. The number of nitrogens with one attached hydrogen (secondary N) is 1. The predicted octanol–water partition coefficient (Wildman–Crippen LogP) is 2.25. The molecule has 0 atom stereocenters. The van der Waals surface area contributed by atoms with Gasteiger partial charge < -0.3 is 5.32 Å². The van der Waals surface area contributed by atoms with E-state index >= 15 is 0 Å². The van der Waals surface area contributed by atoms with Gasteiger partial charge in [-0.15, -0.1) is 0 Å². The molecule has 0 aliphatic carbocycles. The molecule has 1 aromatic carbocycles. The third kappa shape index (κ3) is 5.52. The second-order valence-electron chi connectivity index (χ2n) is 3.86. The Labute approximate surface area is 108 Å². The number of rotatable bonds is 7. The van der Waals surface area contributed by atoms with E-state index in [1.165, 1.54) is 0 Å². The molecule has 0 aromatic heterocycles. The standard InChI is InChI=1S/C12H18ClNO2S/c1-2-17(15,16)9-5-8-14-10-11-6-3-4-7-12(11)13/h3-4,6-7,14H,2,5,8-10H2,1H3. The van der Waals surface area contributed by atoms with Gasteiger partial charge in [-0.1, -0.05) is 36.7 Å². The van der Waals surface area contributed by atoms with Crippen LogP contribution in [0.15, 0.2) is 24.3 Å². The van der Waals surface area contributed by atoms with Crippen molar-refractivity contribution in [1.29, 1.82) is 0 Å². The normalized spacial score (nSPS) is 11.6. The van der Waals surface area contributed by atoms with Crippen LogP contribution in [0.1, 0.15) is 18.9 Å². The van der Waals surface area contributed by atoms with Crippen molar-refractivity contribution < 1.29 is 8.42 Å². The van der Waals surface area contributed by atoms with Crippen LogP contribution in [0.2, 0.25) is 5.02 Å². The summed E-state index contributed by atoms with van der Waals surface area (Å²) in [5.74, 6) is 0.469. The summed E-state index contributed by atoms with van der Waals surface area (Å²) in [6, 6.07) is 7.63. The smallest absolute Gasteiger partial charge is 0.150 e. The summed E-state index contributed by atoms with van der Waals surface area (Å²) in [6.45, 7) is 3.03.